The highest BCUT2D eigenvalue weighted by Crippen LogP contribution is 2.45. The van der Waals surface area contributed by atoms with E-state index in [-0.39, 0.29) is 0 Å². The van der Waals surface area contributed by atoms with E-state index in [0.29, 0.717) is 11.8 Å². The molecule has 2 unspecified atom stereocenters. The maximum Gasteiger partial charge on any atom is 0.0467 e. The summed E-state index contributed by atoms with van der Waals surface area (Å²) in [6, 6.07) is 48.3. The van der Waals surface area contributed by atoms with Crippen LogP contribution in [0.1, 0.15) is 0 Å². The van der Waals surface area contributed by atoms with Gasteiger partial charge in [-0.05, 0) is 129 Å². The molecule has 0 aliphatic heterocycles. The molecule has 0 saturated heterocycles. The molecule has 0 heterocycles. The molecular formula is C56H40N2. The van der Waals surface area contributed by atoms with Crippen LogP contribution in [0.5, 0.6) is 0 Å². The second-order valence-electron chi connectivity index (χ2n) is 15.4. The Morgan fingerprint density at radius 1 is 0.276 bits per heavy atom. The predicted octanol–water partition coefficient (Wildman–Crippen LogP) is 14.2. The molecule has 5 aromatic carbocycles. The van der Waals surface area contributed by atoms with Crippen LogP contribution in [0, 0.1) is 11.8 Å². The lowest BCUT2D eigenvalue weighted by Crippen LogP contribution is -2.22. The van der Waals surface area contributed by atoms with Gasteiger partial charge in [0.15, 0.2) is 0 Å². The third-order valence-corrected chi connectivity index (χ3v) is 11.9. The van der Waals surface area contributed by atoms with Crippen molar-refractivity contribution in [3.8, 4) is 22.3 Å². The molecule has 2 heteroatoms. The van der Waals surface area contributed by atoms with E-state index in [0.717, 1.165) is 34.1 Å². The van der Waals surface area contributed by atoms with E-state index in [1.165, 1.54) is 55.7 Å². The highest BCUT2D eigenvalue weighted by Gasteiger charge is 2.30. The lowest BCUT2D eigenvalue weighted by Gasteiger charge is -2.34. The van der Waals surface area contributed by atoms with Crippen molar-refractivity contribution in [2.24, 2.45) is 11.8 Å². The molecule has 0 bridgehead atoms. The zero-order valence-corrected chi connectivity index (χ0v) is 32.0. The summed E-state index contributed by atoms with van der Waals surface area (Å²) >= 11 is 0. The molecule has 274 valence electrons. The van der Waals surface area contributed by atoms with Crippen molar-refractivity contribution >= 4 is 22.7 Å². The zero-order valence-electron chi connectivity index (χ0n) is 32.0. The molecule has 0 N–H and O–H groups in total. The monoisotopic (exact) mass is 740 g/mol. The Kier molecular flexibility index (Phi) is 8.33. The summed E-state index contributed by atoms with van der Waals surface area (Å²) in [5.41, 5.74) is 19.7. The van der Waals surface area contributed by atoms with Crippen molar-refractivity contribution in [2.75, 3.05) is 9.80 Å². The van der Waals surface area contributed by atoms with Crippen molar-refractivity contribution in [1.82, 2.24) is 0 Å². The number of nitrogens with zero attached hydrogens (tertiary/aromatic N) is 2. The van der Waals surface area contributed by atoms with E-state index < -0.39 is 0 Å². The number of rotatable bonds is 8. The molecule has 0 aromatic heterocycles. The summed E-state index contributed by atoms with van der Waals surface area (Å²) in [7, 11) is 0. The lowest BCUT2D eigenvalue weighted by atomic mass is 9.75. The van der Waals surface area contributed by atoms with Crippen molar-refractivity contribution in [2.45, 2.75) is 0 Å². The quantitative estimate of drug-likeness (QED) is 0.156. The summed E-state index contributed by atoms with van der Waals surface area (Å²) in [5, 5.41) is 0. The molecule has 0 amide bonds. The van der Waals surface area contributed by atoms with Crippen LogP contribution in [0.3, 0.4) is 0 Å². The lowest BCUT2D eigenvalue weighted by molar-refractivity contribution is 0.866. The summed E-state index contributed by atoms with van der Waals surface area (Å²) in [4.78, 5) is 4.74. The van der Waals surface area contributed by atoms with Gasteiger partial charge in [-0.25, -0.2) is 0 Å². The Labute approximate surface area is 340 Å². The minimum Gasteiger partial charge on any atom is -0.310 e. The van der Waals surface area contributed by atoms with Crippen LogP contribution in [0.2, 0.25) is 0 Å². The maximum atomic E-state index is 2.37. The van der Waals surface area contributed by atoms with Gasteiger partial charge in [-0.3, -0.25) is 0 Å². The van der Waals surface area contributed by atoms with Crippen LogP contribution < -0.4 is 9.80 Å². The summed E-state index contributed by atoms with van der Waals surface area (Å²) in [6.07, 6.45) is 36.0. The number of hydrogen-bond acceptors (Lipinski definition) is 2. The molecule has 0 radical (unpaired) electrons. The van der Waals surface area contributed by atoms with Gasteiger partial charge in [0.05, 0.1) is 0 Å². The first-order chi connectivity index (χ1) is 28.7. The van der Waals surface area contributed by atoms with E-state index in [9.17, 15) is 0 Å². The third kappa shape index (κ3) is 6.07. The van der Waals surface area contributed by atoms with Crippen LogP contribution >= 0.6 is 0 Å². The normalized spacial score (nSPS) is 19.2. The van der Waals surface area contributed by atoms with Crippen LogP contribution in [-0.2, 0) is 0 Å². The molecule has 2 atom stereocenters. The summed E-state index contributed by atoms with van der Waals surface area (Å²) in [6.45, 7) is 0. The second-order valence-corrected chi connectivity index (χ2v) is 15.4. The Balaban J connectivity index is 0.863. The molecular weight excluding hydrogens is 701 g/mol. The van der Waals surface area contributed by atoms with Gasteiger partial charge in [-0.15, -0.1) is 0 Å². The largest absolute Gasteiger partial charge is 0.310 e. The highest BCUT2D eigenvalue weighted by atomic mass is 15.2. The van der Waals surface area contributed by atoms with E-state index in [1.54, 1.807) is 0 Å². The van der Waals surface area contributed by atoms with Gasteiger partial charge in [0.1, 0.15) is 0 Å². The molecule has 58 heavy (non-hydrogen) atoms. The topological polar surface area (TPSA) is 6.48 Å². The zero-order chi connectivity index (χ0) is 38.4. The fraction of sp³-hybridized carbons (Fsp3) is 0.0357. The Morgan fingerprint density at radius 2 is 0.586 bits per heavy atom. The summed E-state index contributed by atoms with van der Waals surface area (Å²) < 4.78 is 0. The van der Waals surface area contributed by atoms with Crippen LogP contribution in [0.25, 0.3) is 22.3 Å². The number of anilines is 4. The van der Waals surface area contributed by atoms with Gasteiger partial charge in [0.25, 0.3) is 0 Å². The maximum absolute atomic E-state index is 2.37. The van der Waals surface area contributed by atoms with Gasteiger partial charge in [-0.1, -0.05) is 158 Å². The second kappa shape index (κ2) is 14.3. The molecule has 0 saturated carbocycles. The number of allylic oxidation sites excluding steroid dienone is 22. The van der Waals surface area contributed by atoms with Crippen LogP contribution in [0.15, 0.2) is 276 Å². The smallest absolute Gasteiger partial charge is 0.0467 e. The summed E-state index contributed by atoms with van der Waals surface area (Å²) in [5.74, 6) is 0.634. The van der Waals surface area contributed by atoms with Gasteiger partial charge in [0, 0.05) is 46.0 Å². The predicted molar refractivity (Wildman–Crippen MR) is 243 cm³/mol. The van der Waals surface area contributed by atoms with E-state index in [2.05, 4.69) is 240 Å². The average Bonchev–Trinajstić information content (AvgIpc) is 3.28. The minimum atomic E-state index is 0.317. The van der Waals surface area contributed by atoms with Gasteiger partial charge in [-0.2, -0.15) is 0 Å². The number of hydrogen-bond donors (Lipinski definition) is 0. The Morgan fingerprint density at radius 3 is 0.966 bits per heavy atom. The minimum absolute atomic E-state index is 0.317. The van der Waals surface area contributed by atoms with Crippen LogP contribution in [0.4, 0.5) is 22.7 Å². The van der Waals surface area contributed by atoms with E-state index in [4.69, 9.17) is 0 Å². The molecule has 6 aliphatic carbocycles. The standard InChI is InChI=1S/C56H40N2/c1-3-19-49(20-4-1)57(53-35-45-15-7-11-43-12-8-16-46(36-53)55(43)45)51-31-27-41(28-32-51)39-23-25-40(26-24-39)42-29-33-52(34-30-42)58(50-21-5-2-6-22-50)54-37-47-17-9-13-44-14-10-18-48(38-54)56(44)47/h1-38,55-56H. The Bertz CT molecular complexity index is 2620. The molecule has 5 aromatic rings. The molecule has 2 nitrogen and oxygen atoms in total. The van der Waals surface area contributed by atoms with Gasteiger partial charge >= 0.3 is 0 Å². The average molecular weight is 741 g/mol. The van der Waals surface area contributed by atoms with E-state index in [1.807, 2.05) is 0 Å². The van der Waals surface area contributed by atoms with Gasteiger partial charge < -0.3 is 9.80 Å². The van der Waals surface area contributed by atoms with Gasteiger partial charge in [0.2, 0.25) is 0 Å². The number of benzene rings is 5. The number of para-hydroxylation sites is 2. The fourth-order valence-electron chi connectivity index (χ4n) is 9.18. The van der Waals surface area contributed by atoms with Crippen molar-refractivity contribution in [1.29, 1.82) is 0 Å². The van der Waals surface area contributed by atoms with Crippen LogP contribution in [-0.4, -0.2) is 0 Å². The first kappa shape index (κ1) is 33.9. The van der Waals surface area contributed by atoms with Crippen molar-refractivity contribution < 1.29 is 0 Å². The molecule has 11 rings (SSSR count). The third-order valence-electron chi connectivity index (χ3n) is 11.9. The SMILES string of the molecule is C1=CC2=CC=CC3=CC(N(c4ccccc4)c4ccc(-c5ccc(-c6ccc(N(C7=CC8=CC=CC9=CC=CC(=C7)C98)c7ccccc7)cc6)cc5)cc4)=CC(=C1)C23. The first-order valence-corrected chi connectivity index (χ1v) is 20.1. The van der Waals surface area contributed by atoms with Crippen molar-refractivity contribution in [3.63, 3.8) is 0 Å². The Hall–Kier alpha value is -7.42. The molecule has 6 aliphatic rings. The van der Waals surface area contributed by atoms with Crippen molar-refractivity contribution in [3.05, 3.63) is 276 Å². The highest BCUT2D eigenvalue weighted by molar-refractivity contribution is 5.79. The first-order valence-electron chi connectivity index (χ1n) is 20.1. The fourth-order valence-corrected chi connectivity index (χ4v) is 9.18. The molecule has 0 fully saturated rings. The molecule has 0 spiro atoms. The van der Waals surface area contributed by atoms with E-state index >= 15 is 0 Å².